The van der Waals surface area contributed by atoms with Crippen molar-refractivity contribution >= 4 is 16.9 Å². The van der Waals surface area contributed by atoms with E-state index in [1.54, 1.807) is 26.4 Å². The highest BCUT2D eigenvalue weighted by Gasteiger charge is 2.15. The van der Waals surface area contributed by atoms with Gasteiger partial charge in [-0.05, 0) is 42.0 Å². The molecule has 0 bridgehead atoms. The van der Waals surface area contributed by atoms with Crippen molar-refractivity contribution in [2.24, 2.45) is 0 Å². The first kappa shape index (κ1) is 17.7. The first-order valence-corrected chi connectivity index (χ1v) is 8.96. The molecular weight excluding hydrogens is 352 g/mol. The van der Waals surface area contributed by atoms with Gasteiger partial charge >= 0.3 is 0 Å². The molecule has 4 rings (SSSR count). The second-order valence-corrected chi connectivity index (χ2v) is 6.39. The van der Waals surface area contributed by atoms with E-state index in [1.807, 2.05) is 59.3 Å². The molecule has 0 aliphatic rings. The maximum atomic E-state index is 12.0. The summed E-state index contributed by atoms with van der Waals surface area (Å²) in [7, 11) is 3.27. The van der Waals surface area contributed by atoms with E-state index in [0.717, 1.165) is 33.6 Å². The molecule has 1 amide bonds. The quantitative estimate of drug-likeness (QED) is 0.582. The summed E-state index contributed by atoms with van der Waals surface area (Å²) in [6, 6.07) is 19.3. The maximum absolute atomic E-state index is 12.0. The van der Waals surface area contributed by atoms with Crippen LogP contribution in [-0.2, 0) is 6.54 Å². The number of rotatable bonds is 5. The van der Waals surface area contributed by atoms with Crippen molar-refractivity contribution in [3.05, 3.63) is 78.0 Å². The van der Waals surface area contributed by atoms with Gasteiger partial charge in [0.1, 0.15) is 11.4 Å². The lowest BCUT2D eigenvalue weighted by molar-refractivity contribution is 0.0963. The lowest BCUT2D eigenvalue weighted by atomic mass is 10.1. The molecule has 0 saturated carbocycles. The van der Waals surface area contributed by atoms with E-state index >= 15 is 0 Å². The van der Waals surface area contributed by atoms with Gasteiger partial charge in [0.25, 0.3) is 5.91 Å². The summed E-state index contributed by atoms with van der Waals surface area (Å²) >= 11 is 0. The molecule has 1 N–H and O–H groups in total. The van der Waals surface area contributed by atoms with E-state index in [9.17, 15) is 4.79 Å². The van der Waals surface area contributed by atoms with Crippen molar-refractivity contribution < 1.29 is 9.53 Å². The van der Waals surface area contributed by atoms with Gasteiger partial charge in [-0.25, -0.2) is 9.67 Å². The van der Waals surface area contributed by atoms with Gasteiger partial charge in [-0.15, -0.1) is 0 Å². The molecule has 0 radical (unpaired) electrons. The summed E-state index contributed by atoms with van der Waals surface area (Å²) < 4.78 is 7.11. The van der Waals surface area contributed by atoms with Crippen LogP contribution in [0.15, 0.2) is 66.9 Å². The van der Waals surface area contributed by atoms with Crippen molar-refractivity contribution in [3.8, 4) is 17.0 Å². The normalized spacial score (nSPS) is 10.8. The van der Waals surface area contributed by atoms with Gasteiger partial charge in [0, 0.05) is 29.8 Å². The molecule has 0 spiro atoms. The van der Waals surface area contributed by atoms with Crippen molar-refractivity contribution in [1.82, 2.24) is 20.1 Å². The van der Waals surface area contributed by atoms with Crippen LogP contribution in [0.25, 0.3) is 22.3 Å². The van der Waals surface area contributed by atoms with Crippen LogP contribution in [0.2, 0.25) is 0 Å². The SMILES string of the molecule is CNC(=O)c1cccc(-c2nn(Cc3ccc(OC)cc3)c3ncccc23)c1. The minimum Gasteiger partial charge on any atom is -0.497 e. The molecule has 0 aliphatic heterocycles. The Morgan fingerprint density at radius 3 is 2.68 bits per heavy atom. The number of aromatic nitrogens is 3. The van der Waals surface area contributed by atoms with E-state index in [4.69, 9.17) is 9.84 Å². The molecule has 0 atom stereocenters. The van der Waals surface area contributed by atoms with Crippen LogP contribution < -0.4 is 10.1 Å². The Labute approximate surface area is 162 Å². The van der Waals surface area contributed by atoms with Gasteiger partial charge in [0.2, 0.25) is 0 Å². The number of fused-ring (bicyclic) bond motifs is 1. The molecule has 28 heavy (non-hydrogen) atoms. The second kappa shape index (κ2) is 7.52. The molecule has 0 saturated heterocycles. The fourth-order valence-electron chi connectivity index (χ4n) is 3.19. The van der Waals surface area contributed by atoms with Crippen LogP contribution in [0.1, 0.15) is 15.9 Å². The second-order valence-electron chi connectivity index (χ2n) is 6.39. The number of carbonyl (C=O) groups excluding carboxylic acids is 1. The number of pyridine rings is 1. The summed E-state index contributed by atoms with van der Waals surface area (Å²) in [5.74, 6) is 0.695. The van der Waals surface area contributed by atoms with Gasteiger partial charge in [0.15, 0.2) is 5.65 Å². The average Bonchev–Trinajstić information content (AvgIpc) is 3.12. The number of hydrogen-bond donors (Lipinski definition) is 1. The Bertz CT molecular complexity index is 1130. The third kappa shape index (κ3) is 3.32. The van der Waals surface area contributed by atoms with Crippen molar-refractivity contribution in [2.45, 2.75) is 6.54 Å². The number of methoxy groups -OCH3 is 1. The molecule has 6 heteroatoms. The molecule has 4 aromatic rings. The summed E-state index contributed by atoms with van der Waals surface area (Å²) in [6.45, 7) is 0.590. The van der Waals surface area contributed by atoms with E-state index in [2.05, 4.69) is 10.3 Å². The van der Waals surface area contributed by atoms with Gasteiger partial charge < -0.3 is 10.1 Å². The average molecular weight is 372 g/mol. The lowest BCUT2D eigenvalue weighted by Gasteiger charge is -2.05. The summed E-state index contributed by atoms with van der Waals surface area (Å²) in [5.41, 5.74) is 4.19. The smallest absolute Gasteiger partial charge is 0.251 e. The van der Waals surface area contributed by atoms with Crippen LogP contribution >= 0.6 is 0 Å². The van der Waals surface area contributed by atoms with Crippen LogP contribution in [0, 0.1) is 0 Å². The number of nitrogens with one attached hydrogen (secondary N) is 1. The summed E-state index contributed by atoms with van der Waals surface area (Å²) in [6.07, 6.45) is 1.76. The number of hydrogen-bond acceptors (Lipinski definition) is 4. The zero-order valence-corrected chi connectivity index (χ0v) is 15.7. The highest BCUT2D eigenvalue weighted by Crippen LogP contribution is 2.28. The van der Waals surface area contributed by atoms with Gasteiger partial charge in [0.05, 0.1) is 13.7 Å². The number of ether oxygens (including phenoxy) is 1. The zero-order chi connectivity index (χ0) is 19.5. The molecule has 2 aromatic heterocycles. The van der Waals surface area contributed by atoms with Crippen molar-refractivity contribution in [2.75, 3.05) is 14.2 Å². The zero-order valence-electron chi connectivity index (χ0n) is 15.7. The van der Waals surface area contributed by atoms with Gasteiger partial charge in [-0.1, -0.05) is 24.3 Å². The molecule has 2 heterocycles. The Hall–Kier alpha value is -3.67. The number of benzene rings is 2. The van der Waals surface area contributed by atoms with Crippen LogP contribution in [0.5, 0.6) is 5.75 Å². The Morgan fingerprint density at radius 1 is 1.11 bits per heavy atom. The fraction of sp³-hybridized carbons (Fsp3) is 0.136. The molecule has 2 aromatic carbocycles. The molecular formula is C22H20N4O2. The van der Waals surface area contributed by atoms with Crippen LogP contribution in [0.3, 0.4) is 0 Å². The third-order valence-corrected chi connectivity index (χ3v) is 4.62. The predicted octanol–water partition coefficient (Wildman–Crippen LogP) is 3.51. The van der Waals surface area contributed by atoms with Gasteiger partial charge in [-0.3, -0.25) is 4.79 Å². The van der Waals surface area contributed by atoms with Crippen LogP contribution in [-0.4, -0.2) is 34.8 Å². The molecule has 140 valence electrons. The maximum Gasteiger partial charge on any atom is 0.251 e. The first-order chi connectivity index (χ1) is 13.7. The summed E-state index contributed by atoms with van der Waals surface area (Å²) in [5, 5.41) is 8.42. The minimum absolute atomic E-state index is 0.123. The Morgan fingerprint density at radius 2 is 1.93 bits per heavy atom. The minimum atomic E-state index is -0.123. The van der Waals surface area contributed by atoms with E-state index < -0.39 is 0 Å². The Balaban J connectivity index is 1.77. The lowest BCUT2D eigenvalue weighted by Crippen LogP contribution is -2.17. The van der Waals surface area contributed by atoms with E-state index in [-0.39, 0.29) is 5.91 Å². The number of nitrogens with zero attached hydrogens (tertiary/aromatic N) is 3. The van der Waals surface area contributed by atoms with E-state index in [0.29, 0.717) is 12.1 Å². The van der Waals surface area contributed by atoms with Crippen molar-refractivity contribution in [3.63, 3.8) is 0 Å². The Kier molecular flexibility index (Phi) is 4.76. The summed E-state index contributed by atoms with van der Waals surface area (Å²) in [4.78, 5) is 16.5. The molecule has 0 unspecified atom stereocenters. The highest BCUT2D eigenvalue weighted by molar-refractivity contribution is 5.97. The fourth-order valence-corrected chi connectivity index (χ4v) is 3.19. The van der Waals surface area contributed by atoms with Crippen LogP contribution in [0.4, 0.5) is 0 Å². The standard InChI is InChI=1S/C22H20N4O2/c1-23-22(27)17-6-3-5-16(13-17)20-19-7-4-12-24-21(19)26(25-20)14-15-8-10-18(28-2)11-9-15/h3-13H,14H2,1-2H3,(H,23,27). The van der Waals surface area contributed by atoms with Crippen molar-refractivity contribution in [1.29, 1.82) is 0 Å². The molecule has 6 nitrogen and oxygen atoms in total. The van der Waals surface area contributed by atoms with Gasteiger partial charge in [-0.2, -0.15) is 5.10 Å². The topological polar surface area (TPSA) is 69.0 Å². The number of carbonyl (C=O) groups is 1. The predicted molar refractivity (Wildman–Crippen MR) is 108 cm³/mol. The largest absolute Gasteiger partial charge is 0.497 e. The molecule has 0 aliphatic carbocycles. The molecule has 0 fully saturated rings. The highest BCUT2D eigenvalue weighted by atomic mass is 16.5. The monoisotopic (exact) mass is 372 g/mol. The number of amides is 1. The first-order valence-electron chi connectivity index (χ1n) is 8.96. The van der Waals surface area contributed by atoms with E-state index in [1.165, 1.54) is 0 Å². The third-order valence-electron chi connectivity index (χ3n) is 4.62.